The Morgan fingerprint density at radius 2 is 1.90 bits per heavy atom. The second-order valence-corrected chi connectivity index (χ2v) is 9.26. The summed E-state index contributed by atoms with van der Waals surface area (Å²) in [6.07, 6.45) is 0. The summed E-state index contributed by atoms with van der Waals surface area (Å²) >= 11 is 12.2. The molecule has 2 aromatic heterocycles. The minimum Gasteiger partial charge on any atom is -0.489 e. The predicted molar refractivity (Wildman–Crippen MR) is 147 cm³/mol. The summed E-state index contributed by atoms with van der Waals surface area (Å²) in [7, 11) is 0. The van der Waals surface area contributed by atoms with Gasteiger partial charge >= 0.3 is 0 Å². The van der Waals surface area contributed by atoms with E-state index in [2.05, 4.69) is 40.7 Å². The van der Waals surface area contributed by atoms with E-state index in [0.29, 0.717) is 40.4 Å². The maximum absolute atomic E-state index is 13.3. The fourth-order valence-corrected chi connectivity index (χ4v) is 4.10. The van der Waals surface area contributed by atoms with Gasteiger partial charge in [0.05, 0.1) is 5.71 Å². The van der Waals surface area contributed by atoms with E-state index in [0.717, 1.165) is 24.2 Å². The minimum absolute atomic E-state index is 0.0244. The number of hydrogen-bond donors (Lipinski definition) is 2. The van der Waals surface area contributed by atoms with Crippen molar-refractivity contribution in [3.63, 3.8) is 0 Å². The average molecular weight is 572 g/mol. The van der Waals surface area contributed by atoms with Crippen LogP contribution in [0, 0.1) is 0 Å². The van der Waals surface area contributed by atoms with Crippen molar-refractivity contribution in [2.75, 3.05) is 18.8 Å². The molecule has 0 aliphatic rings. The zero-order chi connectivity index (χ0) is 27.9. The number of hydrazone groups is 1. The highest BCUT2D eigenvalue weighted by molar-refractivity contribution is 6.35. The van der Waals surface area contributed by atoms with Crippen LogP contribution in [0.2, 0.25) is 10.0 Å². The van der Waals surface area contributed by atoms with Crippen molar-refractivity contribution < 1.29 is 14.2 Å². The predicted octanol–water partition coefficient (Wildman–Crippen LogP) is 4.11. The molecule has 4 rings (SSSR count). The monoisotopic (exact) mass is 571 g/mol. The van der Waals surface area contributed by atoms with E-state index in [1.807, 2.05) is 44.2 Å². The molecule has 0 atom stereocenters. The molecule has 14 heteroatoms. The summed E-state index contributed by atoms with van der Waals surface area (Å²) in [6.45, 7) is 8.03. The van der Waals surface area contributed by atoms with Crippen molar-refractivity contribution in [3.05, 3.63) is 75.0 Å². The molecule has 39 heavy (non-hydrogen) atoms. The van der Waals surface area contributed by atoms with E-state index >= 15 is 0 Å². The fraction of sp³-hybridized carbons (Fsp3) is 0.280. The van der Waals surface area contributed by atoms with Crippen LogP contribution in [0.15, 0.2) is 52.2 Å². The Morgan fingerprint density at radius 3 is 2.54 bits per heavy atom. The zero-order valence-corrected chi connectivity index (χ0v) is 23.1. The van der Waals surface area contributed by atoms with Gasteiger partial charge in [0.25, 0.3) is 5.91 Å². The van der Waals surface area contributed by atoms with Crippen LogP contribution in [0.1, 0.15) is 48.1 Å². The summed E-state index contributed by atoms with van der Waals surface area (Å²) in [4.78, 5) is 15.4. The van der Waals surface area contributed by atoms with Gasteiger partial charge in [0.1, 0.15) is 18.1 Å². The van der Waals surface area contributed by atoms with Gasteiger partial charge in [-0.15, -0.1) is 5.10 Å². The molecule has 0 saturated carbocycles. The summed E-state index contributed by atoms with van der Waals surface area (Å²) < 4.78 is 11.7. The number of nitrogens with one attached hydrogen (secondary N) is 1. The molecule has 2 heterocycles. The van der Waals surface area contributed by atoms with Crippen LogP contribution >= 0.6 is 23.2 Å². The lowest BCUT2D eigenvalue weighted by molar-refractivity contribution is 0.0944. The number of hydrogen-bond acceptors (Lipinski definition) is 10. The normalized spacial score (nSPS) is 11.7. The summed E-state index contributed by atoms with van der Waals surface area (Å²) in [5, 5.41) is 20.9. The lowest BCUT2D eigenvalue weighted by Gasteiger charge is -2.16. The van der Waals surface area contributed by atoms with Crippen molar-refractivity contribution in [2.45, 2.75) is 33.9 Å². The second kappa shape index (κ2) is 12.7. The van der Waals surface area contributed by atoms with Gasteiger partial charge in [0.15, 0.2) is 5.69 Å². The number of amides is 1. The van der Waals surface area contributed by atoms with Gasteiger partial charge in [0, 0.05) is 22.2 Å². The molecule has 0 spiro atoms. The molecule has 0 saturated heterocycles. The van der Waals surface area contributed by atoms with E-state index in [1.54, 1.807) is 19.1 Å². The molecule has 3 N–H and O–H groups in total. The number of aromatic nitrogens is 5. The van der Waals surface area contributed by atoms with Crippen LogP contribution in [-0.4, -0.2) is 54.9 Å². The number of benzene rings is 2. The Hall–Kier alpha value is -4.00. The van der Waals surface area contributed by atoms with E-state index in [4.69, 9.17) is 33.7 Å². The smallest absolute Gasteiger partial charge is 0.292 e. The molecule has 0 radical (unpaired) electrons. The highest BCUT2D eigenvalue weighted by Gasteiger charge is 2.26. The average Bonchev–Trinajstić information content (AvgIpc) is 3.55. The van der Waals surface area contributed by atoms with Crippen LogP contribution in [-0.2, 0) is 13.2 Å². The Morgan fingerprint density at radius 1 is 1.15 bits per heavy atom. The summed E-state index contributed by atoms with van der Waals surface area (Å²) in [6, 6.07) is 12.5. The molecule has 2 aromatic carbocycles. The highest BCUT2D eigenvalue weighted by Crippen LogP contribution is 2.23. The van der Waals surface area contributed by atoms with E-state index in [1.165, 1.54) is 4.68 Å². The molecule has 4 aromatic rings. The molecular formula is C25H27Cl2N9O3. The molecule has 12 nitrogen and oxygen atoms in total. The number of anilines is 1. The van der Waals surface area contributed by atoms with Gasteiger partial charge in [-0.25, -0.2) is 10.1 Å². The highest BCUT2D eigenvalue weighted by atomic mass is 35.5. The van der Waals surface area contributed by atoms with Crippen LogP contribution in [0.25, 0.3) is 5.82 Å². The maximum atomic E-state index is 13.3. The quantitative estimate of drug-likeness (QED) is 0.200. The number of nitrogen functional groups attached to an aromatic ring is 1. The third-order valence-corrected chi connectivity index (χ3v) is 6.51. The Balaban J connectivity index is 1.48. The first-order chi connectivity index (χ1) is 18.8. The molecule has 0 aliphatic heterocycles. The van der Waals surface area contributed by atoms with E-state index < -0.39 is 5.91 Å². The summed E-state index contributed by atoms with van der Waals surface area (Å²) in [5.74, 6) is 0.151. The number of nitrogens with two attached hydrogens (primary N) is 1. The number of rotatable bonds is 11. The van der Waals surface area contributed by atoms with Gasteiger partial charge < -0.3 is 10.5 Å². The molecule has 0 fully saturated rings. The van der Waals surface area contributed by atoms with E-state index in [-0.39, 0.29) is 17.3 Å². The zero-order valence-electron chi connectivity index (χ0n) is 21.6. The topological polar surface area (TPSA) is 150 Å². The van der Waals surface area contributed by atoms with Crippen LogP contribution < -0.4 is 15.9 Å². The van der Waals surface area contributed by atoms with E-state index in [9.17, 15) is 4.79 Å². The van der Waals surface area contributed by atoms with Crippen LogP contribution in [0.5, 0.6) is 5.75 Å². The number of carbonyl (C=O) groups is 1. The number of nitrogens with zero attached hydrogens (tertiary/aromatic N) is 7. The standard InChI is InChI=1S/C25H27Cl2N9O3/c1-4-35(5-2)13-21-22(36(34-30-21)24-23(28)32-39-33-24)25(37)31-29-15(3)16-7-10-19(11-8-16)38-14-17-6-9-18(26)12-20(17)27/h6-12H,4-5,13-14H2,1-3H3,(H2,28,32)(H,31,37)/b29-15+. The van der Waals surface area contributed by atoms with Crippen LogP contribution in [0.3, 0.4) is 0 Å². The summed E-state index contributed by atoms with van der Waals surface area (Å²) in [5.41, 5.74) is 11.2. The fourth-order valence-electron chi connectivity index (χ4n) is 3.64. The molecular weight excluding hydrogens is 545 g/mol. The third kappa shape index (κ3) is 6.72. The Labute approximate surface area is 234 Å². The Kier molecular flexibility index (Phi) is 9.12. The molecule has 0 aliphatic carbocycles. The first-order valence-corrected chi connectivity index (χ1v) is 12.8. The SMILES string of the molecule is CCN(CC)Cc1nnn(-c2nonc2N)c1C(=O)N/N=C(\C)c1ccc(OCc2ccc(Cl)cc2Cl)cc1. The molecule has 1 amide bonds. The minimum atomic E-state index is -0.538. The van der Waals surface area contributed by atoms with Gasteiger partial charge in [-0.3, -0.25) is 9.69 Å². The second-order valence-electron chi connectivity index (χ2n) is 8.42. The Bertz CT molecular complexity index is 1460. The number of halogens is 2. The van der Waals surface area contributed by atoms with Crippen molar-refractivity contribution in [3.8, 4) is 11.6 Å². The van der Waals surface area contributed by atoms with Crippen molar-refractivity contribution in [1.29, 1.82) is 0 Å². The lowest BCUT2D eigenvalue weighted by atomic mass is 10.1. The van der Waals surface area contributed by atoms with Crippen molar-refractivity contribution in [2.24, 2.45) is 5.10 Å². The molecule has 204 valence electrons. The van der Waals surface area contributed by atoms with Crippen molar-refractivity contribution >= 4 is 40.6 Å². The van der Waals surface area contributed by atoms with Gasteiger partial charge in [0.2, 0.25) is 11.6 Å². The number of carbonyl (C=O) groups excluding carboxylic acids is 1. The first-order valence-electron chi connectivity index (χ1n) is 12.1. The third-order valence-electron chi connectivity index (χ3n) is 5.93. The van der Waals surface area contributed by atoms with Crippen LogP contribution in [0.4, 0.5) is 5.82 Å². The number of ether oxygens (including phenoxy) is 1. The van der Waals surface area contributed by atoms with Gasteiger partial charge in [-0.1, -0.05) is 48.3 Å². The van der Waals surface area contributed by atoms with Gasteiger partial charge in [-0.05, 0) is 72.3 Å². The first kappa shape index (κ1) is 28.0. The maximum Gasteiger partial charge on any atom is 0.292 e. The molecule has 0 bridgehead atoms. The largest absolute Gasteiger partial charge is 0.489 e. The van der Waals surface area contributed by atoms with Gasteiger partial charge in [-0.2, -0.15) is 9.78 Å². The lowest BCUT2D eigenvalue weighted by Crippen LogP contribution is -2.27. The molecule has 0 unspecified atom stereocenters. The van der Waals surface area contributed by atoms with Crippen molar-refractivity contribution in [1.82, 2.24) is 35.6 Å².